The van der Waals surface area contributed by atoms with Crippen LogP contribution in [0.15, 0.2) is 151 Å². The van der Waals surface area contributed by atoms with Gasteiger partial charge in [-0.05, 0) is 105 Å². The Morgan fingerprint density at radius 1 is 0.545 bits per heavy atom. The van der Waals surface area contributed by atoms with Crippen LogP contribution in [0.2, 0.25) is 0 Å². The summed E-state index contributed by atoms with van der Waals surface area (Å²) in [6, 6.07) is 10.0. The molecule has 3 saturated heterocycles. The van der Waals surface area contributed by atoms with E-state index in [0.717, 1.165) is 82.6 Å². The van der Waals surface area contributed by atoms with Crippen molar-refractivity contribution in [3.8, 4) is 11.5 Å². The van der Waals surface area contributed by atoms with Crippen LogP contribution in [0.3, 0.4) is 0 Å². The Bertz CT molecular complexity index is 5220. The van der Waals surface area contributed by atoms with Gasteiger partial charge in [0.1, 0.15) is 42.5 Å². The lowest BCUT2D eigenvalue weighted by Crippen LogP contribution is -2.33. The van der Waals surface area contributed by atoms with Crippen LogP contribution >= 0.6 is 23.3 Å². The average Bonchev–Trinajstić information content (AvgIpc) is 1.60. The second-order valence-electron chi connectivity index (χ2n) is 34.8. The number of benzene rings is 1. The number of aromatic hydroxyl groups is 2. The zero-order valence-corrected chi connectivity index (χ0v) is 83.4. The van der Waals surface area contributed by atoms with Gasteiger partial charge in [-0.1, -0.05) is 222 Å². The number of hydrogen-bond donors (Lipinski definition) is 14. The number of aromatic amines is 4. The number of aryl methyl sites for hydroxylation is 1. The summed E-state index contributed by atoms with van der Waals surface area (Å²) in [6.45, 7) is 55.8. The van der Waals surface area contributed by atoms with Crippen LogP contribution < -0.4 is 49.0 Å². The molecule has 4 aliphatic rings. The number of phenolic OH excluding ortho intramolecular Hbond substituents is 1. The molecule has 14 N–H and O–H groups in total. The highest BCUT2D eigenvalue weighted by Gasteiger charge is 2.35. The smallest absolute Gasteiger partial charge is 0.360 e. The number of nitrogens with one attached hydrogen (secondary N) is 8. The molecular formula is C90H138F2N20O20S2. The zero-order valence-electron chi connectivity index (χ0n) is 81.8. The number of hydrogen-bond acceptors (Lipinski definition) is 29. The van der Waals surface area contributed by atoms with Crippen molar-refractivity contribution < 1.29 is 82.1 Å². The minimum atomic E-state index is -0.904. The fourth-order valence-corrected chi connectivity index (χ4v) is 12.4. The first kappa shape index (κ1) is 119. The summed E-state index contributed by atoms with van der Waals surface area (Å²) < 4.78 is 47.0. The van der Waals surface area contributed by atoms with Gasteiger partial charge in [0.05, 0.1) is 52.8 Å². The molecule has 40 nitrogen and oxygen atoms in total. The number of halogens is 2. The first-order chi connectivity index (χ1) is 62.4. The number of thioether (sulfide) groups is 1. The van der Waals surface area contributed by atoms with Crippen molar-refractivity contribution >= 4 is 63.9 Å². The molecule has 0 radical (unpaired) electrons. The molecule has 10 aromatic rings. The largest absolute Gasteiger partial charge is 0.503 e. The second kappa shape index (κ2) is 59.5. The van der Waals surface area contributed by atoms with Crippen molar-refractivity contribution in [3.05, 3.63) is 218 Å². The Balaban J connectivity index is 0.000000722. The first-order valence-electron chi connectivity index (χ1n) is 43.4. The SMILES string of the molecule is CC(C)C1=NN=NC1.CC(C)C1CC(=O)NC1=O.CC(C)C1NC(=O)NC1=O.CC(C)C1SC(=O)NC1=O.CC(C)c1c[nH]oc1=O.CC(C)c1cc(=O)[nH]n1C.CC(C)c1cc(=O)[nH]o1.CC(C)c1cc(=O)[nH]s1.CC(C)c1cc(F)c(O)c(F)c1.CC(C)c1cccn1O.CC(C)c1cncn1O.CC(C)c1cnnn1O.CC(C)c1cocc(O)c1=O.CC(C)c1nccn1O. The molecule has 44 heteroatoms. The standard InChI is InChI=1S/C9H10F2O.C8H10O3.C7H12N2O.C7H11NO2.C7H11NO.C6H10N2O2.2C6H10N2O.C6H9NO2S.2C6H9NO2.C6H9NOS.C5H9N3O.C5H9N3/c1-5(2)6-3-7(10)9(12)8(11)4-6;1-5(2)6-3-11-4-7(9)8(6)10;1-5(2)6-4-7(10)8-9(6)3;1-4(2)5-3-6(9)8-7(5)10;1-6(2)7-4-3-5-8(7)9;1-3(2)4-5(9)8-6(10)7-4;1-5(2)6-3-7-4-8(6)9;1-5(2)6-7-3-4-8(6)9;1-3(2)4-5(8)7-6(9)10-4;1-4(2)5-3-7-9-6(5)8;2*1-4(2)5-3-6(8)7-9-5;1-4(2)5-3-6-7-8(5)9;1-4(2)5-3-6-8-7-5/h3-5,12H,1-2H3;3-5,9H,1-2H3;4-5H,1-3H3,(H,8,10);4-5H,3H2,1-2H3,(H,8,9,10);3-6,9H,1-2H3;3-4H,1-2H3,(H2,7,8,9,10);2*3-5,9H,1-2H3;3-4H,1-2H3,(H,7,8,9);3-4,7H,1-2H3;2*3-4H,1-2H3,(H,7,8);3-4,9H,1-2H3;4H,3H2,1-2H3. The summed E-state index contributed by atoms with van der Waals surface area (Å²) in [7, 11) is 1.84. The third-order valence-electron chi connectivity index (χ3n) is 18.8. The lowest BCUT2D eigenvalue weighted by molar-refractivity contribution is -0.126. The summed E-state index contributed by atoms with van der Waals surface area (Å²) in [5.74, 6) is 1.64. The number of urea groups is 1. The Labute approximate surface area is 785 Å². The fourth-order valence-electron chi connectivity index (χ4n) is 10.9. The molecule has 3 fully saturated rings. The highest BCUT2D eigenvalue weighted by molar-refractivity contribution is 8.15. The minimum Gasteiger partial charge on any atom is -0.503 e. The van der Waals surface area contributed by atoms with Crippen LogP contribution in [0, 0.1) is 41.2 Å². The highest BCUT2D eigenvalue weighted by Crippen LogP contribution is 2.28. The third-order valence-corrected chi connectivity index (χ3v) is 21.3. The lowest BCUT2D eigenvalue weighted by atomic mass is 9.95. The summed E-state index contributed by atoms with van der Waals surface area (Å²) in [4.78, 5) is 127. The summed E-state index contributed by atoms with van der Waals surface area (Å²) in [6.07, 6.45) is 13.7. The van der Waals surface area contributed by atoms with E-state index >= 15 is 0 Å². The number of amides is 7. The Kier molecular flexibility index (Phi) is 52.8. The molecule has 0 spiro atoms. The molecule has 3 atom stereocenters. The van der Waals surface area contributed by atoms with Gasteiger partial charge in [0.15, 0.2) is 23.1 Å². The van der Waals surface area contributed by atoms with Crippen molar-refractivity contribution in [3.63, 3.8) is 0 Å². The van der Waals surface area contributed by atoms with Gasteiger partial charge in [-0.2, -0.15) is 24.5 Å². The molecule has 134 heavy (non-hydrogen) atoms. The number of nitrogens with zero attached hydrogens (tertiary/aromatic N) is 12. The number of aromatic nitrogens is 13. The topological polar surface area (TPSA) is 573 Å². The first-order valence-corrected chi connectivity index (χ1v) is 45.1. The van der Waals surface area contributed by atoms with Crippen molar-refractivity contribution in [2.45, 2.75) is 271 Å². The molecular weight excluding hydrogens is 1780 g/mol. The van der Waals surface area contributed by atoms with Gasteiger partial charge in [-0.15, -0.1) is 10.2 Å². The van der Waals surface area contributed by atoms with Crippen LogP contribution in [0.4, 0.5) is 18.4 Å². The predicted molar refractivity (Wildman–Crippen MR) is 506 cm³/mol. The van der Waals surface area contributed by atoms with Gasteiger partial charge in [0.25, 0.3) is 27.8 Å². The summed E-state index contributed by atoms with van der Waals surface area (Å²) in [5.41, 5.74) is 5.64. The van der Waals surface area contributed by atoms with Crippen LogP contribution in [0.25, 0.3) is 0 Å². The Hall–Kier alpha value is -13.0. The summed E-state index contributed by atoms with van der Waals surface area (Å²) in [5, 5.41) is 87.5. The Morgan fingerprint density at radius 2 is 1.14 bits per heavy atom. The van der Waals surface area contributed by atoms with Crippen molar-refractivity contribution in [1.29, 1.82) is 0 Å². The van der Waals surface area contributed by atoms with Gasteiger partial charge >= 0.3 is 11.7 Å². The quantitative estimate of drug-likeness (QED) is 0.0273. The number of imide groups is 3. The van der Waals surface area contributed by atoms with E-state index in [-0.39, 0.29) is 139 Å². The minimum absolute atomic E-state index is 0.0173. The van der Waals surface area contributed by atoms with E-state index in [1.165, 1.54) is 36.4 Å². The maximum atomic E-state index is 12.7. The molecule has 9 aromatic heterocycles. The molecule has 13 heterocycles. The van der Waals surface area contributed by atoms with E-state index in [2.05, 4.69) is 123 Å². The van der Waals surface area contributed by atoms with Gasteiger partial charge < -0.3 is 49.8 Å². The van der Waals surface area contributed by atoms with Crippen LogP contribution in [-0.2, 0) is 26.2 Å². The second-order valence-corrected chi connectivity index (χ2v) is 36.8. The molecule has 7 amide bonds. The van der Waals surface area contributed by atoms with E-state index in [9.17, 15) is 61.5 Å². The van der Waals surface area contributed by atoms with E-state index in [0.29, 0.717) is 70.8 Å². The van der Waals surface area contributed by atoms with Gasteiger partial charge in [0.2, 0.25) is 23.2 Å². The number of H-pyrrole nitrogens is 4. The maximum Gasteiger partial charge on any atom is 0.360 e. The summed E-state index contributed by atoms with van der Waals surface area (Å²) >= 11 is 2.50. The zero-order chi connectivity index (χ0) is 103. The Morgan fingerprint density at radius 3 is 1.39 bits per heavy atom. The van der Waals surface area contributed by atoms with E-state index < -0.39 is 17.4 Å². The van der Waals surface area contributed by atoms with Crippen LogP contribution in [0.1, 0.15) is 315 Å². The van der Waals surface area contributed by atoms with Gasteiger partial charge in [-0.25, -0.2) is 33.5 Å². The van der Waals surface area contributed by atoms with Crippen LogP contribution in [0.5, 0.6) is 11.5 Å². The normalized spacial score (nSPS) is 14.3. The molecule has 4 aliphatic heterocycles. The van der Waals surface area contributed by atoms with Crippen molar-refractivity contribution in [2.24, 2.45) is 52.1 Å². The van der Waals surface area contributed by atoms with E-state index in [1.54, 1.807) is 47.8 Å². The molecule has 14 rings (SSSR count). The fraction of sp³-hybridized carbons (Fsp3) is 0.533. The number of rotatable bonds is 14. The molecule has 3 unspecified atom stereocenters. The van der Waals surface area contributed by atoms with Gasteiger partial charge in [0, 0.05) is 90.1 Å². The molecule has 0 aliphatic carbocycles. The number of carbonyl (C=O) groups excluding carboxylic acids is 6. The molecule has 1 aromatic carbocycles. The van der Waals surface area contributed by atoms with E-state index in [1.807, 2.05) is 172 Å². The third kappa shape index (κ3) is 43.1. The maximum absolute atomic E-state index is 12.7. The predicted octanol–water partition coefficient (Wildman–Crippen LogP) is 16.4. The monoisotopic (exact) mass is 1920 g/mol. The number of imidazole rings is 2. The lowest BCUT2D eigenvalue weighted by Gasteiger charge is -2.09. The molecule has 0 bridgehead atoms. The molecule has 0 saturated carbocycles. The number of carbonyl (C=O) groups is 6. The van der Waals surface area contributed by atoms with Crippen molar-refractivity contribution in [1.82, 2.24) is 85.1 Å². The van der Waals surface area contributed by atoms with Crippen molar-refractivity contribution in [2.75, 3.05) is 6.54 Å². The molecule has 744 valence electrons. The highest BCUT2D eigenvalue weighted by atomic mass is 32.2. The number of phenols is 1. The van der Waals surface area contributed by atoms with Gasteiger partial charge in [-0.3, -0.25) is 73.3 Å². The average molecular weight is 1920 g/mol. The van der Waals surface area contributed by atoms with Crippen LogP contribution in [-0.4, -0.2) is 153 Å². The van der Waals surface area contributed by atoms with E-state index in [4.69, 9.17) is 40.0 Å².